The highest BCUT2D eigenvalue weighted by molar-refractivity contribution is 6.14. The normalized spacial score (nSPS) is 11.6. The largest absolute Gasteiger partial charge is 0.309 e. The fraction of sp³-hybridized carbons (Fsp3) is 0. The second-order valence-electron chi connectivity index (χ2n) is 14.6. The molecule has 2 heterocycles. The lowest BCUT2D eigenvalue weighted by molar-refractivity contribution is 1.18. The zero-order valence-corrected chi connectivity index (χ0v) is 30.7. The Morgan fingerprint density at radius 2 is 0.446 bits per heavy atom. The number of rotatable bonds is 6. The molecule has 56 heavy (non-hydrogen) atoms. The van der Waals surface area contributed by atoms with Crippen molar-refractivity contribution < 1.29 is 0 Å². The molecule has 0 amide bonds. The quantitative estimate of drug-likeness (QED) is 0.162. The maximum atomic E-state index is 2.42. The number of hydrogen-bond acceptors (Lipinski definition) is 0. The maximum absolute atomic E-state index is 2.42. The monoisotopic (exact) mass is 712 g/mol. The average molecular weight is 713 g/mol. The van der Waals surface area contributed by atoms with Crippen molar-refractivity contribution in [1.29, 1.82) is 0 Å². The van der Waals surface area contributed by atoms with Gasteiger partial charge in [-0.05, 0) is 117 Å². The standard InChI is InChI=1S/C54H36N2/c1-5-13-37(14-6-1)40-21-27-46(28-22-40)56-53-30-24-42(39-17-9-3-10-18-39)34-48(53)50-36-44(26-32-54(50)56)43-25-31-52-49(35-43)47-33-41(38-15-7-2-8-16-38)23-29-51(47)55(52)45-19-11-4-12-20-45/h1-36H. The summed E-state index contributed by atoms with van der Waals surface area (Å²) in [7, 11) is 0. The molecule has 0 saturated carbocycles. The molecular formula is C54H36N2. The van der Waals surface area contributed by atoms with Crippen LogP contribution in [0, 0.1) is 0 Å². The van der Waals surface area contributed by atoms with E-state index in [1.54, 1.807) is 0 Å². The maximum Gasteiger partial charge on any atom is 0.0541 e. The number of para-hydroxylation sites is 1. The van der Waals surface area contributed by atoms with Crippen LogP contribution in [0.3, 0.4) is 0 Å². The molecule has 0 N–H and O–H groups in total. The van der Waals surface area contributed by atoms with Crippen LogP contribution in [-0.2, 0) is 0 Å². The van der Waals surface area contributed by atoms with Gasteiger partial charge in [-0.25, -0.2) is 0 Å². The summed E-state index contributed by atoms with van der Waals surface area (Å²) < 4.78 is 4.81. The lowest BCUT2D eigenvalue weighted by Gasteiger charge is -2.10. The van der Waals surface area contributed by atoms with Crippen LogP contribution >= 0.6 is 0 Å². The Morgan fingerprint density at radius 1 is 0.196 bits per heavy atom. The molecule has 0 spiro atoms. The minimum Gasteiger partial charge on any atom is -0.309 e. The van der Waals surface area contributed by atoms with Crippen LogP contribution in [0.2, 0.25) is 0 Å². The fourth-order valence-electron chi connectivity index (χ4n) is 8.59. The van der Waals surface area contributed by atoms with Crippen LogP contribution in [-0.4, -0.2) is 9.13 Å². The summed E-state index contributed by atoms with van der Waals surface area (Å²) >= 11 is 0. The first-order chi connectivity index (χ1) is 27.8. The Morgan fingerprint density at radius 3 is 0.804 bits per heavy atom. The van der Waals surface area contributed by atoms with Gasteiger partial charge in [0.2, 0.25) is 0 Å². The molecular weight excluding hydrogens is 677 g/mol. The number of fused-ring (bicyclic) bond motifs is 6. The first-order valence-corrected chi connectivity index (χ1v) is 19.3. The molecule has 262 valence electrons. The van der Waals surface area contributed by atoms with Gasteiger partial charge in [0, 0.05) is 32.9 Å². The van der Waals surface area contributed by atoms with Crippen molar-refractivity contribution in [3.63, 3.8) is 0 Å². The van der Waals surface area contributed by atoms with Crippen molar-refractivity contribution in [3.05, 3.63) is 218 Å². The summed E-state index contributed by atoms with van der Waals surface area (Å²) in [5.74, 6) is 0. The third kappa shape index (κ3) is 5.34. The van der Waals surface area contributed by atoms with Gasteiger partial charge >= 0.3 is 0 Å². The van der Waals surface area contributed by atoms with Gasteiger partial charge in [0.1, 0.15) is 0 Å². The van der Waals surface area contributed by atoms with Crippen molar-refractivity contribution in [2.75, 3.05) is 0 Å². The Bertz CT molecular complexity index is 3190. The Balaban J connectivity index is 1.11. The van der Waals surface area contributed by atoms with Gasteiger partial charge < -0.3 is 9.13 Å². The van der Waals surface area contributed by atoms with Gasteiger partial charge in [0.05, 0.1) is 22.1 Å². The molecule has 2 aromatic heterocycles. The van der Waals surface area contributed by atoms with Gasteiger partial charge in [0.15, 0.2) is 0 Å². The molecule has 0 radical (unpaired) electrons. The van der Waals surface area contributed by atoms with E-state index in [1.165, 1.54) is 88.1 Å². The first kappa shape index (κ1) is 32.0. The fourth-order valence-corrected chi connectivity index (χ4v) is 8.59. The molecule has 0 fully saturated rings. The number of aromatic nitrogens is 2. The molecule has 2 heteroatoms. The molecule has 0 aliphatic carbocycles. The summed E-state index contributed by atoms with van der Waals surface area (Å²) in [4.78, 5) is 0. The summed E-state index contributed by atoms with van der Waals surface area (Å²) in [6, 6.07) is 79.4. The van der Waals surface area contributed by atoms with Crippen LogP contribution in [0.4, 0.5) is 0 Å². The van der Waals surface area contributed by atoms with Crippen LogP contribution in [0.5, 0.6) is 0 Å². The molecule has 0 atom stereocenters. The summed E-state index contributed by atoms with van der Waals surface area (Å²) in [6.07, 6.45) is 0. The Kier molecular flexibility index (Phi) is 7.53. The molecule has 0 unspecified atom stereocenters. The summed E-state index contributed by atoms with van der Waals surface area (Å²) in [5, 5.41) is 4.97. The molecule has 0 saturated heterocycles. The predicted molar refractivity (Wildman–Crippen MR) is 237 cm³/mol. The zero-order valence-electron chi connectivity index (χ0n) is 30.7. The highest BCUT2D eigenvalue weighted by atomic mass is 15.0. The third-order valence-corrected chi connectivity index (χ3v) is 11.3. The number of benzene rings is 9. The molecule has 9 aromatic carbocycles. The minimum absolute atomic E-state index is 1.15. The van der Waals surface area contributed by atoms with E-state index >= 15 is 0 Å². The van der Waals surface area contributed by atoms with Crippen LogP contribution in [0.25, 0.3) is 99.5 Å². The van der Waals surface area contributed by atoms with Crippen molar-refractivity contribution >= 4 is 43.6 Å². The van der Waals surface area contributed by atoms with E-state index in [-0.39, 0.29) is 0 Å². The van der Waals surface area contributed by atoms with Crippen molar-refractivity contribution in [3.8, 4) is 55.9 Å². The minimum atomic E-state index is 1.15. The van der Waals surface area contributed by atoms with Crippen LogP contribution in [0.15, 0.2) is 218 Å². The SMILES string of the molecule is c1ccc(-c2ccc(-n3c4ccc(-c5ccccc5)cc4c4cc(-c5ccc6c(c5)c5cc(-c7ccccc7)ccc5n6-c5ccccc5)ccc43)cc2)cc1. The zero-order chi connectivity index (χ0) is 37.0. The van der Waals surface area contributed by atoms with E-state index in [1.807, 2.05) is 0 Å². The number of hydrogen-bond donors (Lipinski definition) is 0. The van der Waals surface area contributed by atoms with E-state index in [0.717, 1.165) is 11.4 Å². The molecule has 11 rings (SSSR count). The van der Waals surface area contributed by atoms with Gasteiger partial charge in [-0.15, -0.1) is 0 Å². The van der Waals surface area contributed by atoms with Crippen LogP contribution < -0.4 is 0 Å². The molecule has 2 nitrogen and oxygen atoms in total. The smallest absolute Gasteiger partial charge is 0.0541 e. The highest BCUT2D eigenvalue weighted by Crippen LogP contribution is 2.40. The van der Waals surface area contributed by atoms with Crippen molar-refractivity contribution in [2.45, 2.75) is 0 Å². The Labute approximate surface area is 325 Å². The Hall–Kier alpha value is -7.42. The molecule has 0 aliphatic rings. The second kappa shape index (κ2) is 13.2. The van der Waals surface area contributed by atoms with Gasteiger partial charge in [-0.2, -0.15) is 0 Å². The molecule has 0 aliphatic heterocycles. The van der Waals surface area contributed by atoms with Crippen LogP contribution in [0.1, 0.15) is 0 Å². The van der Waals surface area contributed by atoms with Gasteiger partial charge in [0.25, 0.3) is 0 Å². The number of nitrogens with zero attached hydrogens (tertiary/aromatic N) is 2. The lowest BCUT2D eigenvalue weighted by Crippen LogP contribution is -1.94. The second-order valence-corrected chi connectivity index (χ2v) is 14.6. The average Bonchev–Trinajstić information content (AvgIpc) is 3.79. The van der Waals surface area contributed by atoms with E-state index in [4.69, 9.17) is 0 Å². The highest BCUT2D eigenvalue weighted by Gasteiger charge is 2.18. The molecule has 0 bridgehead atoms. The third-order valence-electron chi connectivity index (χ3n) is 11.3. The lowest BCUT2D eigenvalue weighted by atomic mass is 9.98. The summed E-state index contributed by atoms with van der Waals surface area (Å²) in [5.41, 5.74) is 16.8. The van der Waals surface area contributed by atoms with E-state index < -0.39 is 0 Å². The van der Waals surface area contributed by atoms with Crippen molar-refractivity contribution in [1.82, 2.24) is 9.13 Å². The van der Waals surface area contributed by atoms with E-state index in [2.05, 4.69) is 228 Å². The van der Waals surface area contributed by atoms with E-state index in [9.17, 15) is 0 Å². The first-order valence-electron chi connectivity index (χ1n) is 19.3. The van der Waals surface area contributed by atoms with Gasteiger partial charge in [-0.3, -0.25) is 0 Å². The summed E-state index contributed by atoms with van der Waals surface area (Å²) in [6.45, 7) is 0. The molecule has 11 aromatic rings. The van der Waals surface area contributed by atoms with E-state index in [0.29, 0.717) is 0 Å². The van der Waals surface area contributed by atoms with Crippen molar-refractivity contribution in [2.24, 2.45) is 0 Å². The predicted octanol–water partition coefficient (Wildman–Crippen LogP) is 14.5. The topological polar surface area (TPSA) is 9.86 Å². The van der Waals surface area contributed by atoms with Gasteiger partial charge in [-0.1, -0.05) is 146 Å².